The average Bonchev–Trinajstić information content (AvgIpc) is 3.54. The summed E-state index contributed by atoms with van der Waals surface area (Å²) in [4.78, 5) is 31.1. The molecule has 2 N–H and O–H groups in total. The number of carbonyl (C=O) groups excluding carboxylic acids is 2. The molecule has 2 heterocycles. The summed E-state index contributed by atoms with van der Waals surface area (Å²) in [6.07, 6.45) is 0. The maximum absolute atomic E-state index is 13.9. The van der Waals surface area contributed by atoms with E-state index in [2.05, 4.69) is 6.92 Å². The van der Waals surface area contributed by atoms with Crippen LogP contribution in [0.15, 0.2) is 84.9 Å². The van der Waals surface area contributed by atoms with Gasteiger partial charge in [-0.05, 0) is 40.1 Å². The second-order valence-corrected chi connectivity index (χ2v) is 11.2. The van der Waals surface area contributed by atoms with Gasteiger partial charge in [0.15, 0.2) is 0 Å². The minimum absolute atomic E-state index is 0.0837. The van der Waals surface area contributed by atoms with Crippen molar-refractivity contribution in [3.05, 3.63) is 107 Å². The van der Waals surface area contributed by atoms with Crippen LogP contribution in [0, 0.1) is 0 Å². The number of phenols is 2. The first kappa shape index (κ1) is 25.4. The zero-order valence-corrected chi connectivity index (χ0v) is 23.1. The Bertz CT molecular complexity index is 1900. The van der Waals surface area contributed by atoms with E-state index in [1.54, 1.807) is 46.2 Å². The van der Waals surface area contributed by atoms with Crippen LogP contribution in [0.3, 0.4) is 0 Å². The molecule has 0 spiro atoms. The van der Waals surface area contributed by atoms with E-state index in [1.165, 1.54) is 0 Å². The van der Waals surface area contributed by atoms with Gasteiger partial charge in [-0.2, -0.15) is 0 Å². The maximum atomic E-state index is 13.9. The van der Waals surface area contributed by atoms with Crippen molar-refractivity contribution < 1.29 is 19.8 Å². The number of rotatable bonds is 3. The van der Waals surface area contributed by atoms with Crippen molar-refractivity contribution in [3.63, 3.8) is 0 Å². The van der Waals surface area contributed by atoms with E-state index in [4.69, 9.17) is 11.6 Å². The zero-order chi connectivity index (χ0) is 28.4. The number of fused-ring (bicyclic) bond motifs is 6. The molecule has 0 bridgehead atoms. The molecule has 0 aromatic heterocycles. The molecule has 0 saturated carbocycles. The molecular formula is C34H27ClN2O4. The average molecular weight is 563 g/mol. The first-order valence-electron chi connectivity index (χ1n) is 13.7. The van der Waals surface area contributed by atoms with E-state index >= 15 is 0 Å². The molecule has 204 valence electrons. The van der Waals surface area contributed by atoms with E-state index in [9.17, 15) is 19.8 Å². The number of halogens is 1. The van der Waals surface area contributed by atoms with Crippen LogP contribution in [0.2, 0.25) is 0 Å². The summed E-state index contributed by atoms with van der Waals surface area (Å²) in [5.41, 5.74) is 4.07. The van der Waals surface area contributed by atoms with Gasteiger partial charge >= 0.3 is 0 Å². The van der Waals surface area contributed by atoms with Crippen LogP contribution in [0.5, 0.6) is 11.5 Å². The summed E-state index contributed by atoms with van der Waals surface area (Å²) in [6, 6.07) is 25.3. The molecule has 5 aromatic carbocycles. The zero-order valence-electron chi connectivity index (χ0n) is 22.3. The lowest BCUT2D eigenvalue weighted by Crippen LogP contribution is -2.31. The van der Waals surface area contributed by atoms with Crippen molar-refractivity contribution in [3.8, 4) is 11.5 Å². The molecule has 0 aliphatic carbocycles. The van der Waals surface area contributed by atoms with Crippen LogP contribution < -0.4 is 9.80 Å². The topological polar surface area (TPSA) is 81.1 Å². The Morgan fingerprint density at radius 2 is 1.20 bits per heavy atom. The third-order valence-corrected chi connectivity index (χ3v) is 8.83. The van der Waals surface area contributed by atoms with Gasteiger partial charge < -0.3 is 20.0 Å². The Kier molecular flexibility index (Phi) is 5.91. The monoisotopic (exact) mass is 562 g/mol. The number of nitrogens with zero attached hydrogens (tertiary/aromatic N) is 2. The highest BCUT2D eigenvalue weighted by Crippen LogP contribution is 2.47. The number of aromatic hydroxyl groups is 2. The van der Waals surface area contributed by atoms with Gasteiger partial charge in [-0.1, -0.05) is 61.5 Å². The number of carbonyl (C=O) groups is 2. The molecule has 0 saturated heterocycles. The first-order chi connectivity index (χ1) is 19.9. The van der Waals surface area contributed by atoms with Gasteiger partial charge in [0, 0.05) is 64.8 Å². The van der Waals surface area contributed by atoms with Gasteiger partial charge in [0.1, 0.15) is 11.5 Å². The van der Waals surface area contributed by atoms with E-state index in [0.29, 0.717) is 41.5 Å². The van der Waals surface area contributed by atoms with Crippen molar-refractivity contribution in [2.75, 3.05) is 28.8 Å². The number of anilines is 2. The van der Waals surface area contributed by atoms with E-state index in [0.717, 1.165) is 32.7 Å². The quantitative estimate of drug-likeness (QED) is 0.229. The van der Waals surface area contributed by atoms with Crippen molar-refractivity contribution in [2.45, 2.75) is 18.8 Å². The SMILES string of the molecule is C[C@@H]1CN(C(=O)c2cccc(C(=O)N3C[C@@H](CCl)c4c3cc(O)c3ccccc43)c2)c2cc(O)c3ccccc3c21. The van der Waals surface area contributed by atoms with Gasteiger partial charge in [-0.25, -0.2) is 0 Å². The maximum Gasteiger partial charge on any atom is 0.258 e. The summed E-state index contributed by atoms with van der Waals surface area (Å²) >= 11 is 6.36. The first-order valence-corrected chi connectivity index (χ1v) is 14.2. The highest BCUT2D eigenvalue weighted by atomic mass is 35.5. The Balaban J connectivity index is 1.25. The van der Waals surface area contributed by atoms with Gasteiger partial charge in [0.25, 0.3) is 11.8 Å². The lowest BCUT2D eigenvalue weighted by atomic mass is 9.95. The minimum Gasteiger partial charge on any atom is -0.507 e. The molecule has 2 aliphatic heterocycles. The number of hydrogen-bond donors (Lipinski definition) is 2. The summed E-state index contributed by atoms with van der Waals surface area (Å²) in [6.45, 7) is 2.93. The molecule has 7 rings (SSSR count). The van der Waals surface area contributed by atoms with Crippen molar-refractivity contribution in [1.29, 1.82) is 0 Å². The molecule has 7 heteroatoms. The van der Waals surface area contributed by atoms with Gasteiger partial charge in [-0.3, -0.25) is 9.59 Å². The predicted molar refractivity (Wildman–Crippen MR) is 163 cm³/mol. The number of alkyl halides is 1. The Morgan fingerprint density at radius 3 is 1.76 bits per heavy atom. The van der Waals surface area contributed by atoms with Crippen LogP contribution in [0.4, 0.5) is 11.4 Å². The molecule has 2 amide bonds. The fraction of sp³-hybridized carbons (Fsp3) is 0.176. The highest BCUT2D eigenvalue weighted by Gasteiger charge is 2.36. The van der Waals surface area contributed by atoms with Crippen molar-refractivity contribution in [1.82, 2.24) is 0 Å². The van der Waals surface area contributed by atoms with Crippen LogP contribution in [0.25, 0.3) is 21.5 Å². The summed E-state index contributed by atoms with van der Waals surface area (Å²) in [7, 11) is 0. The summed E-state index contributed by atoms with van der Waals surface area (Å²) < 4.78 is 0. The van der Waals surface area contributed by atoms with Gasteiger partial charge in [-0.15, -0.1) is 11.6 Å². The molecule has 41 heavy (non-hydrogen) atoms. The second-order valence-electron chi connectivity index (χ2n) is 10.9. The standard InChI is InChI=1S/C34H27ClN2O4/c1-19-17-36(27-14-29(38)23-9-2-4-11-25(23)31(19)27)33(40)20-7-6-8-21(13-20)34(41)37-18-22(16-35)32-26-12-5-3-10-24(26)30(39)15-28(32)37/h2-15,19,22,38-39H,16-18H2,1H3/t19-,22-/m1/s1. The lowest BCUT2D eigenvalue weighted by Gasteiger charge is -2.21. The summed E-state index contributed by atoms with van der Waals surface area (Å²) in [5.74, 6) is 0.0712. The number of phenolic OH excluding ortho intramolecular Hbond substituents is 2. The Hall–Kier alpha value is -4.55. The third-order valence-electron chi connectivity index (χ3n) is 8.46. The van der Waals surface area contributed by atoms with Crippen molar-refractivity contribution in [2.24, 2.45) is 0 Å². The molecule has 5 aromatic rings. The predicted octanol–water partition coefficient (Wildman–Crippen LogP) is 7.15. The smallest absolute Gasteiger partial charge is 0.258 e. The highest BCUT2D eigenvalue weighted by molar-refractivity contribution is 6.19. The molecule has 0 fully saturated rings. The normalized spacial score (nSPS) is 17.7. The van der Waals surface area contributed by atoms with E-state index in [1.807, 2.05) is 48.5 Å². The van der Waals surface area contributed by atoms with Crippen LogP contribution in [0.1, 0.15) is 50.6 Å². The fourth-order valence-corrected chi connectivity index (χ4v) is 6.86. The molecule has 6 nitrogen and oxygen atoms in total. The third kappa shape index (κ3) is 3.85. The summed E-state index contributed by atoms with van der Waals surface area (Å²) in [5, 5.41) is 24.8. The number of amides is 2. The molecule has 2 aliphatic rings. The molecule has 2 atom stereocenters. The van der Waals surface area contributed by atoms with E-state index < -0.39 is 0 Å². The van der Waals surface area contributed by atoms with Crippen LogP contribution >= 0.6 is 11.6 Å². The van der Waals surface area contributed by atoms with Gasteiger partial charge in [0.2, 0.25) is 0 Å². The minimum atomic E-state index is -0.262. The Labute approximate surface area is 242 Å². The molecule has 0 radical (unpaired) electrons. The lowest BCUT2D eigenvalue weighted by molar-refractivity contribution is 0.0987. The molecular weight excluding hydrogens is 536 g/mol. The number of hydrogen-bond acceptors (Lipinski definition) is 4. The second kappa shape index (κ2) is 9.53. The molecule has 0 unspecified atom stereocenters. The van der Waals surface area contributed by atoms with Crippen LogP contribution in [-0.2, 0) is 0 Å². The largest absolute Gasteiger partial charge is 0.507 e. The van der Waals surface area contributed by atoms with E-state index in [-0.39, 0.29) is 35.1 Å². The fourth-order valence-electron chi connectivity index (χ4n) is 6.60. The van der Waals surface area contributed by atoms with Gasteiger partial charge in [0.05, 0.1) is 11.4 Å². The Morgan fingerprint density at radius 1 is 0.707 bits per heavy atom. The van der Waals surface area contributed by atoms with Crippen molar-refractivity contribution >= 4 is 56.3 Å². The van der Waals surface area contributed by atoms with Crippen LogP contribution in [-0.4, -0.2) is 41.0 Å². The number of benzene rings is 5.